The van der Waals surface area contributed by atoms with Gasteiger partial charge in [-0.05, 0) is 91.7 Å². The monoisotopic (exact) mass is 431 g/mol. The van der Waals surface area contributed by atoms with Gasteiger partial charge in [0, 0.05) is 16.6 Å². The number of aryl methyl sites for hydroxylation is 1. The minimum atomic E-state index is 0.420. The Morgan fingerprint density at radius 2 is 1.73 bits per heavy atom. The Labute approximate surface area is 197 Å². The van der Waals surface area contributed by atoms with Crippen molar-refractivity contribution >= 4 is 17.7 Å². The van der Waals surface area contributed by atoms with Crippen molar-refractivity contribution in [2.45, 2.75) is 33.6 Å². The quantitative estimate of drug-likeness (QED) is 0.513. The highest BCUT2D eigenvalue weighted by Gasteiger charge is 2.41. The standard InChI is InChI=1S/C32H33N/c1-20-5-4-6-24(15-20)31-22(3)8-9-23-17-27-12-13-28(33-27)19-26-11-10-25-16-21(2)7-14-29(31)30(18-23)32(25)26/h4-15,17,19,23,25-26,30,32-33H,16,18H2,1-3H3/b9-8+,21-7+,27-17?,28-19?,29-14+,31-22+. The van der Waals surface area contributed by atoms with Gasteiger partial charge in [-0.1, -0.05) is 84.0 Å². The molecule has 0 saturated carbocycles. The zero-order valence-corrected chi connectivity index (χ0v) is 19.9. The molecule has 33 heavy (non-hydrogen) atoms. The number of hydrogen-bond acceptors (Lipinski definition) is 0. The highest BCUT2D eigenvalue weighted by Crippen LogP contribution is 2.50. The highest BCUT2D eigenvalue weighted by molar-refractivity contribution is 5.84. The van der Waals surface area contributed by atoms with Crippen LogP contribution in [0.2, 0.25) is 0 Å². The predicted molar refractivity (Wildman–Crippen MR) is 140 cm³/mol. The Hall–Kier alpha value is -3.06. The summed E-state index contributed by atoms with van der Waals surface area (Å²) < 4.78 is 0. The van der Waals surface area contributed by atoms with E-state index in [0.29, 0.717) is 29.6 Å². The Morgan fingerprint density at radius 3 is 2.58 bits per heavy atom. The minimum absolute atomic E-state index is 0.420. The molecule has 4 aliphatic rings. The van der Waals surface area contributed by atoms with Crippen LogP contribution in [0.3, 0.4) is 0 Å². The second-order valence-corrected chi connectivity index (χ2v) is 10.5. The number of allylic oxidation sites excluding steroid dienone is 10. The summed E-state index contributed by atoms with van der Waals surface area (Å²) in [5, 5.41) is 2.49. The fourth-order valence-electron chi connectivity index (χ4n) is 6.64. The minimum Gasteiger partial charge on any atom is -0.356 e. The molecular formula is C32H33N. The highest BCUT2D eigenvalue weighted by atomic mass is 14.7. The van der Waals surface area contributed by atoms with Crippen LogP contribution in [-0.4, -0.2) is 4.98 Å². The van der Waals surface area contributed by atoms with Crippen molar-refractivity contribution in [3.05, 3.63) is 111 Å². The Morgan fingerprint density at radius 1 is 0.879 bits per heavy atom. The number of benzene rings is 1. The van der Waals surface area contributed by atoms with E-state index in [-0.39, 0.29) is 0 Å². The topological polar surface area (TPSA) is 15.8 Å². The van der Waals surface area contributed by atoms with E-state index in [1.54, 1.807) is 0 Å². The Balaban J connectivity index is 1.64. The van der Waals surface area contributed by atoms with Crippen LogP contribution in [0.25, 0.3) is 17.7 Å². The van der Waals surface area contributed by atoms with E-state index >= 15 is 0 Å². The molecule has 1 aromatic heterocycles. The summed E-state index contributed by atoms with van der Waals surface area (Å²) in [6, 6.07) is 13.6. The zero-order chi connectivity index (χ0) is 22.5. The molecule has 1 nitrogen and oxygen atoms in total. The van der Waals surface area contributed by atoms with Crippen LogP contribution < -0.4 is 10.7 Å². The van der Waals surface area contributed by atoms with E-state index < -0.39 is 0 Å². The fraction of sp³-hybridized carbons (Fsp3) is 0.312. The molecule has 0 radical (unpaired) electrons. The molecule has 1 aromatic carbocycles. The number of fused-ring (bicyclic) bond motifs is 3. The fourth-order valence-corrected chi connectivity index (χ4v) is 6.64. The third-order valence-corrected chi connectivity index (χ3v) is 8.09. The van der Waals surface area contributed by atoms with Crippen LogP contribution in [0.1, 0.15) is 37.8 Å². The van der Waals surface area contributed by atoms with E-state index in [1.807, 2.05) is 0 Å². The first kappa shape index (κ1) is 20.5. The summed E-state index contributed by atoms with van der Waals surface area (Å²) >= 11 is 0. The van der Waals surface area contributed by atoms with Gasteiger partial charge in [0.25, 0.3) is 0 Å². The van der Waals surface area contributed by atoms with Crippen LogP contribution in [-0.2, 0) is 0 Å². The van der Waals surface area contributed by atoms with Crippen LogP contribution >= 0.6 is 0 Å². The van der Waals surface area contributed by atoms with E-state index in [4.69, 9.17) is 0 Å². The third kappa shape index (κ3) is 3.74. The molecular weight excluding hydrogens is 398 g/mol. The average Bonchev–Trinajstić information content (AvgIpc) is 3.37. The molecule has 1 heteroatoms. The number of aromatic nitrogens is 1. The van der Waals surface area contributed by atoms with Crippen LogP contribution in [0.15, 0.2) is 89.6 Å². The SMILES string of the molecule is CC1=C(c2cccc(C)c2)\C2=C\C=C(/C)CC3C=CC4C=c5ccc([nH]5)=CC(\C=C\1)CC2C43. The number of nitrogens with one attached hydrogen (secondary N) is 1. The Kier molecular flexibility index (Phi) is 5.02. The lowest BCUT2D eigenvalue weighted by molar-refractivity contribution is 0.262. The van der Waals surface area contributed by atoms with E-state index in [2.05, 4.69) is 111 Å². The molecule has 5 unspecified atom stereocenters. The molecule has 6 rings (SSSR count). The van der Waals surface area contributed by atoms with Gasteiger partial charge in [-0.3, -0.25) is 0 Å². The molecule has 1 aliphatic heterocycles. The summed E-state index contributed by atoms with van der Waals surface area (Å²) in [5.74, 6) is 2.56. The smallest absolute Gasteiger partial charge is 0.0350 e. The first-order valence-electron chi connectivity index (χ1n) is 12.5. The van der Waals surface area contributed by atoms with Crippen LogP contribution in [0, 0.1) is 36.5 Å². The van der Waals surface area contributed by atoms with Crippen molar-refractivity contribution in [1.29, 1.82) is 0 Å². The van der Waals surface area contributed by atoms with Crippen molar-refractivity contribution in [2.75, 3.05) is 0 Å². The van der Waals surface area contributed by atoms with Gasteiger partial charge in [0.2, 0.25) is 0 Å². The number of rotatable bonds is 1. The summed E-state index contributed by atoms with van der Waals surface area (Å²) in [6.45, 7) is 6.81. The number of hydrogen-bond donors (Lipinski definition) is 1. The van der Waals surface area contributed by atoms with E-state index in [0.717, 1.165) is 12.8 Å². The largest absolute Gasteiger partial charge is 0.356 e. The van der Waals surface area contributed by atoms with Crippen molar-refractivity contribution in [2.24, 2.45) is 29.6 Å². The van der Waals surface area contributed by atoms with Crippen LogP contribution in [0.4, 0.5) is 0 Å². The lowest BCUT2D eigenvalue weighted by Crippen LogP contribution is -2.31. The van der Waals surface area contributed by atoms with Crippen LogP contribution in [0.5, 0.6) is 0 Å². The maximum absolute atomic E-state index is 3.65. The molecule has 166 valence electrons. The molecule has 0 fully saturated rings. The van der Waals surface area contributed by atoms with Gasteiger partial charge in [-0.2, -0.15) is 0 Å². The number of H-pyrrole nitrogens is 1. The van der Waals surface area contributed by atoms with Gasteiger partial charge in [0.05, 0.1) is 0 Å². The Bertz CT molecular complexity index is 1370. The van der Waals surface area contributed by atoms with Gasteiger partial charge in [0.15, 0.2) is 0 Å². The summed E-state index contributed by atoms with van der Waals surface area (Å²) in [6.07, 6.45) is 21.9. The molecule has 3 aliphatic carbocycles. The summed E-state index contributed by atoms with van der Waals surface area (Å²) in [5.41, 5.74) is 8.49. The summed E-state index contributed by atoms with van der Waals surface area (Å²) in [7, 11) is 0. The molecule has 4 bridgehead atoms. The van der Waals surface area contributed by atoms with Crippen molar-refractivity contribution in [1.82, 2.24) is 4.98 Å². The van der Waals surface area contributed by atoms with E-state index in [9.17, 15) is 0 Å². The lowest BCUT2D eigenvalue weighted by atomic mass is 9.65. The van der Waals surface area contributed by atoms with Crippen molar-refractivity contribution < 1.29 is 0 Å². The third-order valence-electron chi connectivity index (χ3n) is 8.09. The average molecular weight is 432 g/mol. The predicted octanol–water partition coefficient (Wildman–Crippen LogP) is 6.26. The molecule has 5 atom stereocenters. The van der Waals surface area contributed by atoms with Crippen molar-refractivity contribution in [3.63, 3.8) is 0 Å². The molecule has 0 spiro atoms. The maximum Gasteiger partial charge on any atom is 0.0350 e. The van der Waals surface area contributed by atoms with Crippen molar-refractivity contribution in [3.8, 4) is 0 Å². The molecule has 2 aromatic rings. The lowest BCUT2D eigenvalue weighted by Gasteiger charge is -2.38. The second kappa shape index (κ2) is 8.06. The van der Waals surface area contributed by atoms with Gasteiger partial charge in [-0.25, -0.2) is 0 Å². The van der Waals surface area contributed by atoms with Gasteiger partial charge in [0.1, 0.15) is 0 Å². The van der Waals surface area contributed by atoms with E-state index in [1.165, 1.54) is 44.1 Å². The van der Waals surface area contributed by atoms with Gasteiger partial charge >= 0.3 is 0 Å². The molecule has 1 N–H and O–H groups in total. The second-order valence-electron chi connectivity index (χ2n) is 10.5. The maximum atomic E-state index is 3.65. The molecule has 2 heterocycles. The van der Waals surface area contributed by atoms with Gasteiger partial charge in [-0.15, -0.1) is 0 Å². The normalized spacial score (nSPS) is 36.5. The molecule has 0 amide bonds. The number of aromatic amines is 1. The first-order valence-corrected chi connectivity index (χ1v) is 12.5. The zero-order valence-electron chi connectivity index (χ0n) is 19.9. The molecule has 0 saturated heterocycles. The first-order chi connectivity index (χ1) is 16.0. The van der Waals surface area contributed by atoms with Gasteiger partial charge < -0.3 is 4.98 Å². The summed E-state index contributed by atoms with van der Waals surface area (Å²) in [4.78, 5) is 3.65.